The predicted molar refractivity (Wildman–Crippen MR) is 79.2 cm³/mol. The Balaban J connectivity index is 2.49. The van der Waals surface area contributed by atoms with Crippen LogP contribution in [-0.4, -0.2) is 26.4 Å². The molecule has 0 amide bonds. The van der Waals surface area contributed by atoms with Gasteiger partial charge >= 0.3 is 0 Å². The third kappa shape index (κ3) is 2.73. The zero-order valence-corrected chi connectivity index (χ0v) is 12.8. The van der Waals surface area contributed by atoms with E-state index in [1.165, 1.54) is 0 Å². The van der Waals surface area contributed by atoms with E-state index < -0.39 is 6.10 Å². The molecule has 0 aliphatic rings. The third-order valence-corrected chi connectivity index (χ3v) is 4.11. The van der Waals surface area contributed by atoms with Crippen molar-refractivity contribution in [1.82, 2.24) is 0 Å². The van der Waals surface area contributed by atoms with Gasteiger partial charge in [0.1, 0.15) is 11.9 Å². The number of aliphatic hydroxyl groups excluding tert-OH is 1. The monoisotopic (exact) mass is 294 g/mol. The summed E-state index contributed by atoms with van der Waals surface area (Å²) in [5.41, 5.74) is 0.659. The largest absolute Gasteiger partial charge is 0.496 e. The van der Waals surface area contributed by atoms with Gasteiger partial charge in [-0.25, -0.2) is 0 Å². The minimum Gasteiger partial charge on any atom is -0.496 e. The first-order chi connectivity index (χ1) is 9.60. The Hall–Kier alpha value is -1.72. The lowest BCUT2D eigenvalue weighted by Gasteiger charge is -2.17. The van der Waals surface area contributed by atoms with Gasteiger partial charge in [0.25, 0.3) is 0 Å². The lowest BCUT2D eigenvalue weighted by atomic mass is 10.1. The van der Waals surface area contributed by atoms with E-state index in [0.29, 0.717) is 22.8 Å². The summed E-state index contributed by atoms with van der Waals surface area (Å²) in [6.07, 6.45) is -0.747. The zero-order chi connectivity index (χ0) is 14.7. The molecule has 108 valence electrons. The van der Waals surface area contributed by atoms with Gasteiger partial charge in [-0.05, 0) is 25.1 Å². The van der Waals surface area contributed by atoms with Crippen LogP contribution >= 0.6 is 11.3 Å². The Morgan fingerprint density at radius 2 is 1.55 bits per heavy atom. The molecule has 0 saturated carbocycles. The Labute approximate surface area is 122 Å². The summed E-state index contributed by atoms with van der Waals surface area (Å²) in [5.74, 6) is 1.71. The van der Waals surface area contributed by atoms with E-state index >= 15 is 0 Å². The van der Waals surface area contributed by atoms with Crippen LogP contribution in [0.5, 0.6) is 17.2 Å². The number of rotatable bonds is 5. The van der Waals surface area contributed by atoms with E-state index in [-0.39, 0.29) is 0 Å². The number of ether oxygens (including phenoxy) is 3. The number of hydrogen-bond donors (Lipinski definition) is 1. The maximum Gasteiger partial charge on any atom is 0.164 e. The molecule has 2 aromatic rings. The van der Waals surface area contributed by atoms with Crippen molar-refractivity contribution < 1.29 is 19.3 Å². The molecule has 1 aromatic carbocycles. The molecule has 0 fully saturated rings. The van der Waals surface area contributed by atoms with Crippen LogP contribution in [0.25, 0.3) is 0 Å². The van der Waals surface area contributed by atoms with Crippen LogP contribution in [0, 0.1) is 6.92 Å². The smallest absolute Gasteiger partial charge is 0.164 e. The highest BCUT2D eigenvalue weighted by atomic mass is 32.1. The number of benzene rings is 1. The average molecular weight is 294 g/mol. The van der Waals surface area contributed by atoms with Crippen molar-refractivity contribution in [2.75, 3.05) is 21.3 Å². The Morgan fingerprint density at radius 3 is 2.05 bits per heavy atom. The second kappa shape index (κ2) is 6.15. The van der Waals surface area contributed by atoms with Gasteiger partial charge in [0.2, 0.25) is 0 Å². The molecular formula is C15H18O4S. The fourth-order valence-electron chi connectivity index (χ4n) is 2.02. The summed E-state index contributed by atoms with van der Waals surface area (Å²) in [6.45, 7) is 2.01. The van der Waals surface area contributed by atoms with Crippen LogP contribution < -0.4 is 14.2 Å². The maximum atomic E-state index is 10.5. The van der Waals surface area contributed by atoms with E-state index in [1.54, 1.807) is 44.8 Å². The van der Waals surface area contributed by atoms with Gasteiger partial charge in [0.05, 0.1) is 21.3 Å². The molecule has 1 aromatic heterocycles. The van der Waals surface area contributed by atoms with E-state index in [1.807, 2.05) is 19.1 Å². The Morgan fingerprint density at radius 1 is 0.950 bits per heavy atom. The molecule has 5 heteroatoms. The summed E-state index contributed by atoms with van der Waals surface area (Å²) in [5, 5.41) is 10.5. The highest BCUT2D eigenvalue weighted by Crippen LogP contribution is 2.40. The minimum absolute atomic E-state index is 0.565. The lowest BCUT2D eigenvalue weighted by Crippen LogP contribution is -2.02. The van der Waals surface area contributed by atoms with Crippen molar-refractivity contribution in [1.29, 1.82) is 0 Å². The molecule has 1 heterocycles. The maximum absolute atomic E-state index is 10.5. The van der Waals surface area contributed by atoms with Gasteiger partial charge in [-0.1, -0.05) is 0 Å². The van der Waals surface area contributed by atoms with Crippen LogP contribution in [0.2, 0.25) is 0 Å². The van der Waals surface area contributed by atoms with E-state index in [0.717, 1.165) is 9.75 Å². The predicted octanol–water partition coefficient (Wildman–Crippen LogP) is 3.16. The lowest BCUT2D eigenvalue weighted by molar-refractivity contribution is 0.217. The Kier molecular flexibility index (Phi) is 4.52. The van der Waals surface area contributed by atoms with Crippen molar-refractivity contribution in [3.8, 4) is 17.2 Å². The van der Waals surface area contributed by atoms with Gasteiger partial charge in [0.15, 0.2) is 11.5 Å². The number of aryl methyl sites for hydroxylation is 1. The molecule has 1 unspecified atom stereocenters. The summed E-state index contributed by atoms with van der Waals surface area (Å²) in [4.78, 5) is 2.02. The topological polar surface area (TPSA) is 47.9 Å². The van der Waals surface area contributed by atoms with Crippen LogP contribution in [0.15, 0.2) is 24.3 Å². The molecule has 20 heavy (non-hydrogen) atoms. The van der Waals surface area contributed by atoms with Gasteiger partial charge in [-0.15, -0.1) is 11.3 Å². The molecule has 4 nitrogen and oxygen atoms in total. The highest BCUT2D eigenvalue weighted by Gasteiger charge is 2.20. The van der Waals surface area contributed by atoms with Gasteiger partial charge in [-0.3, -0.25) is 0 Å². The highest BCUT2D eigenvalue weighted by molar-refractivity contribution is 7.12. The molecule has 0 radical (unpaired) electrons. The molecule has 0 aliphatic heterocycles. The van der Waals surface area contributed by atoms with Crippen molar-refractivity contribution in [2.24, 2.45) is 0 Å². The normalized spacial score (nSPS) is 12.1. The molecular weight excluding hydrogens is 276 g/mol. The average Bonchev–Trinajstić information content (AvgIpc) is 2.91. The first-order valence-electron chi connectivity index (χ1n) is 6.15. The molecule has 0 spiro atoms. The number of methoxy groups -OCH3 is 3. The molecule has 1 N–H and O–H groups in total. The van der Waals surface area contributed by atoms with Crippen molar-refractivity contribution in [3.05, 3.63) is 39.6 Å². The van der Waals surface area contributed by atoms with E-state index in [4.69, 9.17) is 14.2 Å². The Bertz CT molecular complexity index is 592. The first kappa shape index (κ1) is 14.7. The second-order valence-corrected chi connectivity index (χ2v) is 5.62. The van der Waals surface area contributed by atoms with Crippen LogP contribution in [-0.2, 0) is 0 Å². The van der Waals surface area contributed by atoms with Crippen molar-refractivity contribution in [2.45, 2.75) is 13.0 Å². The number of aliphatic hydroxyl groups is 1. The summed E-state index contributed by atoms with van der Waals surface area (Å²) >= 11 is 1.56. The van der Waals surface area contributed by atoms with Crippen molar-refractivity contribution >= 4 is 11.3 Å². The van der Waals surface area contributed by atoms with E-state index in [2.05, 4.69) is 0 Å². The second-order valence-electron chi connectivity index (χ2n) is 4.30. The minimum atomic E-state index is -0.747. The quantitative estimate of drug-likeness (QED) is 0.920. The van der Waals surface area contributed by atoms with Crippen LogP contribution in [0.3, 0.4) is 0 Å². The summed E-state index contributed by atoms with van der Waals surface area (Å²) in [6, 6.07) is 7.37. The van der Waals surface area contributed by atoms with E-state index in [9.17, 15) is 5.11 Å². The van der Waals surface area contributed by atoms with Crippen LogP contribution in [0.1, 0.15) is 21.4 Å². The summed E-state index contributed by atoms with van der Waals surface area (Å²) < 4.78 is 15.9. The fraction of sp³-hybridized carbons (Fsp3) is 0.333. The van der Waals surface area contributed by atoms with Crippen LogP contribution in [0.4, 0.5) is 0 Å². The molecule has 1 atom stereocenters. The van der Waals surface area contributed by atoms with Gasteiger partial charge in [0, 0.05) is 21.4 Å². The molecule has 2 rings (SSSR count). The van der Waals surface area contributed by atoms with Gasteiger partial charge < -0.3 is 19.3 Å². The summed E-state index contributed by atoms with van der Waals surface area (Å²) in [7, 11) is 4.70. The fourth-order valence-corrected chi connectivity index (χ4v) is 2.90. The zero-order valence-electron chi connectivity index (χ0n) is 12.0. The number of thiophene rings is 1. The number of hydrogen-bond acceptors (Lipinski definition) is 5. The molecule has 0 aliphatic carbocycles. The molecule has 0 bridgehead atoms. The van der Waals surface area contributed by atoms with Crippen molar-refractivity contribution in [3.63, 3.8) is 0 Å². The molecule has 0 saturated heterocycles. The third-order valence-electron chi connectivity index (χ3n) is 3.06. The first-order valence-corrected chi connectivity index (χ1v) is 6.96. The van der Waals surface area contributed by atoms with Gasteiger partial charge in [-0.2, -0.15) is 0 Å². The standard InChI is InChI=1S/C15H18O4S/c1-9-5-6-14(20-9)15(16)10-7-12(18-3)13(19-4)8-11(10)17-2/h5-8,15-16H,1-4H3. The SMILES string of the molecule is COc1cc(OC)c(C(O)c2ccc(C)s2)cc1OC.